The van der Waals surface area contributed by atoms with Crippen molar-refractivity contribution in [3.8, 4) is 55.6 Å². The van der Waals surface area contributed by atoms with Crippen LogP contribution in [0.3, 0.4) is 0 Å². The lowest BCUT2D eigenvalue weighted by molar-refractivity contribution is 1.04. The van der Waals surface area contributed by atoms with Crippen molar-refractivity contribution < 1.29 is 0 Å². The van der Waals surface area contributed by atoms with Gasteiger partial charge in [-0.3, -0.25) is 0 Å². The fraction of sp³-hybridized carbons (Fsp3) is 0.0405. The van der Waals surface area contributed by atoms with Crippen LogP contribution in [0.15, 0.2) is 261 Å². The van der Waals surface area contributed by atoms with Gasteiger partial charge in [-0.15, -0.1) is 5.73 Å². The lowest BCUT2D eigenvalue weighted by atomic mass is 9.82. The Labute approximate surface area is 442 Å². The van der Waals surface area contributed by atoms with Crippen LogP contribution in [0, 0.1) is 0 Å². The zero-order valence-corrected chi connectivity index (χ0v) is 42.5. The molecule has 0 nitrogen and oxygen atoms in total. The number of rotatable bonds is 10. The molecule has 0 aliphatic heterocycles. The predicted molar refractivity (Wildman–Crippen MR) is 328 cm³/mol. The van der Waals surface area contributed by atoms with E-state index in [4.69, 9.17) is 0 Å². The third-order valence-electron chi connectivity index (χ3n) is 15.7. The average Bonchev–Trinajstić information content (AvgIpc) is 3.54. The van der Waals surface area contributed by atoms with Crippen LogP contribution in [0.25, 0.3) is 136 Å². The van der Waals surface area contributed by atoms with Gasteiger partial charge in [0.1, 0.15) is 0 Å². The summed E-state index contributed by atoms with van der Waals surface area (Å²) in [4.78, 5) is 2.14. The van der Waals surface area contributed by atoms with Crippen molar-refractivity contribution in [2.45, 2.75) is 19.8 Å². The Morgan fingerprint density at radius 2 is 0.720 bits per heavy atom. The molecule has 0 fully saturated rings. The summed E-state index contributed by atoms with van der Waals surface area (Å²) in [6.45, 7) is 6.69. The summed E-state index contributed by atoms with van der Waals surface area (Å²) in [5.74, 6) is 0. The SMILES string of the molecule is C=C=C(S/C(=C\C)c1cc(-c2ccccc2)c2ccc3c(-c4ccccc4)cc(C4=CCCC=C4)c4ccc1c2c43)c1cc(-c2ccccc2)c2ccc3c(-c4ccccc4)cc(-c4ccccc4)c4ccc1c2c43. The van der Waals surface area contributed by atoms with E-state index in [-0.39, 0.29) is 0 Å². The molecule has 0 amide bonds. The molecule has 1 aliphatic rings. The van der Waals surface area contributed by atoms with Crippen molar-refractivity contribution >= 4 is 91.8 Å². The molecule has 0 atom stereocenters. The Kier molecular flexibility index (Phi) is 11.0. The van der Waals surface area contributed by atoms with Gasteiger partial charge in [0.15, 0.2) is 0 Å². The number of thioether (sulfide) groups is 1. The van der Waals surface area contributed by atoms with Crippen molar-refractivity contribution in [1.29, 1.82) is 0 Å². The highest BCUT2D eigenvalue weighted by Crippen LogP contribution is 2.53. The smallest absolute Gasteiger partial charge is 0.0613 e. The Bertz CT molecular complexity index is 4440. The number of benzene rings is 13. The van der Waals surface area contributed by atoms with Gasteiger partial charge in [0.25, 0.3) is 0 Å². The molecule has 0 unspecified atom stereocenters. The quantitative estimate of drug-likeness (QED) is 0.0972. The van der Waals surface area contributed by atoms with Crippen LogP contribution in [0.1, 0.15) is 36.5 Å². The van der Waals surface area contributed by atoms with Gasteiger partial charge in [-0.1, -0.05) is 243 Å². The summed E-state index contributed by atoms with van der Waals surface area (Å²) >= 11 is 1.78. The Morgan fingerprint density at radius 3 is 1.09 bits per heavy atom. The molecule has 0 N–H and O–H groups in total. The van der Waals surface area contributed by atoms with E-state index < -0.39 is 0 Å². The molecule has 0 spiro atoms. The van der Waals surface area contributed by atoms with E-state index in [2.05, 4.69) is 268 Å². The normalized spacial score (nSPS) is 12.9. The topological polar surface area (TPSA) is 0 Å². The van der Waals surface area contributed by atoms with Crippen molar-refractivity contribution in [3.63, 3.8) is 0 Å². The molecular weight excluding hydrogens is 921 g/mol. The van der Waals surface area contributed by atoms with Crippen LogP contribution >= 0.6 is 11.8 Å². The minimum Gasteiger partial charge on any atom is -0.113 e. The van der Waals surface area contributed by atoms with Gasteiger partial charge in [-0.05, 0) is 181 Å². The maximum Gasteiger partial charge on any atom is 0.0613 e. The highest BCUT2D eigenvalue weighted by molar-refractivity contribution is 8.16. The van der Waals surface area contributed by atoms with Gasteiger partial charge < -0.3 is 0 Å². The van der Waals surface area contributed by atoms with E-state index in [1.54, 1.807) is 11.8 Å². The molecule has 0 saturated heterocycles. The lowest BCUT2D eigenvalue weighted by Crippen LogP contribution is -1.97. The van der Waals surface area contributed by atoms with Gasteiger partial charge in [0.05, 0.1) is 4.91 Å². The molecule has 0 saturated carbocycles. The molecule has 0 bridgehead atoms. The minimum atomic E-state index is 0.987. The van der Waals surface area contributed by atoms with E-state index in [0.29, 0.717) is 0 Å². The first kappa shape index (κ1) is 44.7. The number of hydrogen-bond acceptors (Lipinski definition) is 1. The second-order valence-electron chi connectivity index (χ2n) is 19.8. The first-order valence-corrected chi connectivity index (χ1v) is 26.9. The van der Waals surface area contributed by atoms with E-state index >= 15 is 0 Å². The summed E-state index contributed by atoms with van der Waals surface area (Å²) in [7, 11) is 0. The van der Waals surface area contributed by atoms with E-state index in [9.17, 15) is 0 Å². The maximum atomic E-state index is 4.50. The summed E-state index contributed by atoms with van der Waals surface area (Å²) in [5, 5.41) is 15.1. The first-order chi connectivity index (χ1) is 37.1. The summed E-state index contributed by atoms with van der Waals surface area (Å²) in [6, 6.07) is 83.2. The number of hydrogen-bond donors (Lipinski definition) is 0. The Hall–Kier alpha value is -8.97. The summed E-state index contributed by atoms with van der Waals surface area (Å²) in [5.41, 5.74) is 20.6. The van der Waals surface area contributed by atoms with Gasteiger partial charge in [0.2, 0.25) is 0 Å². The van der Waals surface area contributed by atoms with Crippen LogP contribution in [0.5, 0.6) is 0 Å². The Balaban J connectivity index is 1.02. The zero-order chi connectivity index (χ0) is 50.0. The first-order valence-electron chi connectivity index (χ1n) is 26.1. The molecule has 0 heterocycles. The fourth-order valence-corrected chi connectivity index (χ4v) is 13.2. The zero-order valence-electron chi connectivity index (χ0n) is 41.7. The average molecular weight is 971 g/mol. The monoisotopic (exact) mass is 970 g/mol. The van der Waals surface area contributed by atoms with Crippen molar-refractivity contribution in [2.24, 2.45) is 0 Å². The maximum absolute atomic E-state index is 4.50. The van der Waals surface area contributed by atoms with Gasteiger partial charge >= 0.3 is 0 Å². The van der Waals surface area contributed by atoms with Crippen LogP contribution < -0.4 is 0 Å². The number of allylic oxidation sites excluding steroid dienone is 5. The molecule has 0 radical (unpaired) electrons. The van der Waals surface area contributed by atoms with E-state index in [1.807, 2.05) is 0 Å². The third kappa shape index (κ3) is 7.39. The molecule has 13 aromatic rings. The van der Waals surface area contributed by atoms with Gasteiger partial charge in [0, 0.05) is 10.5 Å². The summed E-state index contributed by atoms with van der Waals surface area (Å²) in [6.07, 6.45) is 11.5. The van der Waals surface area contributed by atoms with E-state index in [1.165, 1.54) is 137 Å². The Morgan fingerprint density at radius 1 is 0.387 bits per heavy atom. The predicted octanol–water partition coefficient (Wildman–Crippen LogP) is 21.5. The summed E-state index contributed by atoms with van der Waals surface area (Å²) < 4.78 is 0. The third-order valence-corrected chi connectivity index (χ3v) is 16.9. The van der Waals surface area contributed by atoms with Crippen molar-refractivity contribution in [3.05, 3.63) is 278 Å². The highest BCUT2D eigenvalue weighted by atomic mass is 32.2. The molecular formula is C74H50S. The van der Waals surface area contributed by atoms with Gasteiger partial charge in [-0.25, -0.2) is 0 Å². The molecule has 13 aromatic carbocycles. The molecule has 1 heteroatoms. The molecule has 75 heavy (non-hydrogen) atoms. The molecule has 0 aromatic heterocycles. The molecule has 352 valence electrons. The van der Waals surface area contributed by atoms with Crippen LogP contribution in [-0.4, -0.2) is 0 Å². The standard InChI is InChI=1S/C74H50S/c1-3-69(67-45-65(51-31-19-9-20-32-51)57-37-35-53-61(47-23-11-5-12-24-47)43-63(49-27-15-7-16-28-49)55-39-41-59(67)73(57)71(53)55)75-70(4-2)68-46-66(52-33-21-10-22-34-52)58-38-36-54-62(48-25-13-6-14-26-48)44-64(50-29-17-8-18-30-50)56-40-42-60(68)74(58)72(54)56/h4-7,9-17,19-46H,1,8,18H2,2H3/b70-4-. The highest BCUT2D eigenvalue weighted by Gasteiger charge is 2.25. The van der Waals surface area contributed by atoms with Gasteiger partial charge in [-0.2, -0.15) is 0 Å². The molecule has 1 aliphatic carbocycles. The van der Waals surface area contributed by atoms with Crippen LogP contribution in [0.2, 0.25) is 0 Å². The molecule has 14 rings (SSSR count). The second-order valence-corrected chi connectivity index (χ2v) is 20.8. The van der Waals surface area contributed by atoms with Crippen molar-refractivity contribution in [2.75, 3.05) is 0 Å². The van der Waals surface area contributed by atoms with Crippen LogP contribution in [-0.2, 0) is 0 Å². The van der Waals surface area contributed by atoms with Crippen molar-refractivity contribution in [1.82, 2.24) is 0 Å². The minimum absolute atomic E-state index is 0.987. The largest absolute Gasteiger partial charge is 0.113 e. The lowest BCUT2D eigenvalue weighted by Gasteiger charge is -2.23. The second kappa shape index (κ2) is 18.5. The van der Waals surface area contributed by atoms with Crippen LogP contribution in [0.4, 0.5) is 0 Å². The fourth-order valence-electron chi connectivity index (χ4n) is 12.3. The van der Waals surface area contributed by atoms with E-state index in [0.717, 1.165) is 28.2 Å².